The summed E-state index contributed by atoms with van der Waals surface area (Å²) in [6.45, 7) is 1.32. The van der Waals surface area contributed by atoms with Crippen molar-refractivity contribution in [1.82, 2.24) is 10.6 Å². The summed E-state index contributed by atoms with van der Waals surface area (Å²) in [5.74, 6) is -0.198. The molecule has 110 valence electrons. The van der Waals surface area contributed by atoms with Gasteiger partial charge in [-0.3, -0.25) is 4.79 Å². The molecule has 0 aliphatic carbocycles. The van der Waals surface area contributed by atoms with Crippen molar-refractivity contribution in [1.29, 1.82) is 0 Å². The van der Waals surface area contributed by atoms with E-state index in [1.807, 2.05) is 6.07 Å². The Bertz CT molecular complexity index is 453. The molecule has 2 atom stereocenters. The summed E-state index contributed by atoms with van der Waals surface area (Å²) >= 11 is 0. The zero-order valence-electron chi connectivity index (χ0n) is 11.7. The summed E-state index contributed by atoms with van der Waals surface area (Å²) in [6, 6.07) is 6.41. The van der Waals surface area contributed by atoms with E-state index in [9.17, 15) is 9.18 Å². The summed E-state index contributed by atoms with van der Waals surface area (Å²) < 4.78 is 18.2. The molecule has 0 bridgehead atoms. The van der Waals surface area contributed by atoms with Crippen molar-refractivity contribution in [3.63, 3.8) is 0 Å². The van der Waals surface area contributed by atoms with Crippen molar-refractivity contribution in [2.24, 2.45) is 0 Å². The predicted molar refractivity (Wildman–Crippen MR) is 74.9 cm³/mol. The van der Waals surface area contributed by atoms with E-state index in [4.69, 9.17) is 4.74 Å². The Morgan fingerprint density at radius 1 is 1.55 bits per heavy atom. The highest BCUT2D eigenvalue weighted by molar-refractivity contribution is 5.82. The number of ether oxygens (including phenoxy) is 1. The Labute approximate surface area is 118 Å². The van der Waals surface area contributed by atoms with E-state index in [1.54, 1.807) is 13.2 Å². The van der Waals surface area contributed by atoms with Crippen molar-refractivity contribution in [2.75, 3.05) is 20.2 Å². The SMILES string of the molecule is CO[C@@H]1CN[C@@H](C(=O)NCCCc2cccc(F)c2)C1. The van der Waals surface area contributed by atoms with Gasteiger partial charge in [-0.2, -0.15) is 0 Å². The minimum Gasteiger partial charge on any atom is -0.380 e. The molecule has 1 amide bonds. The maximum Gasteiger partial charge on any atom is 0.237 e. The molecule has 4 nitrogen and oxygen atoms in total. The number of halogens is 1. The Balaban J connectivity index is 1.65. The summed E-state index contributed by atoms with van der Waals surface area (Å²) in [6.07, 6.45) is 2.40. The van der Waals surface area contributed by atoms with Crippen LogP contribution in [0.2, 0.25) is 0 Å². The third-order valence-electron chi connectivity index (χ3n) is 3.57. The van der Waals surface area contributed by atoms with Crippen LogP contribution in [0, 0.1) is 5.82 Å². The van der Waals surface area contributed by atoms with Gasteiger partial charge in [-0.05, 0) is 37.0 Å². The van der Waals surface area contributed by atoms with E-state index in [2.05, 4.69) is 10.6 Å². The highest BCUT2D eigenvalue weighted by Crippen LogP contribution is 2.09. The van der Waals surface area contributed by atoms with E-state index >= 15 is 0 Å². The second-order valence-corrected chi connectivity index (χ2v) is 5.08. The highest BCUT2D eigenvalue weighted by Gasteiger charge is 2.28. The molecule has 0 spiro atoms. The van der Waals surface area contributed by atoms with Gasteiger partial charge in [-0.25, -0.2) is 4.39 Å². The van der Waals surface area contributed by atoms with Crippen LogP contribution in [0.3, 0.4) is 0 Å². The van der Waals surface area contributed by atoms with Gasteiger partial charge in [0.05, 0.1) is 12.1 Å². The lowest BCUT2D eigenvalue weighted by molar-refractivity contribution is -0.122. The third kappa shape index (κ3) is 4.28. The number of carbonyl (C=O) groups excluding carboxylic acids is 1. The molecule has 1 aromatic rings. The van der Waals surface area contributed by atoms with Crippen molar-refractivity contribution in [3.05, 3.63) is 35.6 Å². The average Bonchev–Trinajstić information content (AvgIpc) is 2.92. The Morgan fingerprint density at radius 3 is 3.10 bits per heavy atom. The normalized spacial score (nSPS) is 21.9. The minimum absolute atomic E-state index is 0.0174. The monoisotopic (exact) mass is 280 g/mol. The van der Waals surface area contributed by atoms with Crippen molar-refractivity contribution >= 4 is 5.91 Å². The molecule has 2 rings (SSSR count). The quantitative estimate of drug-likeness (QED) is 0.771. The highest BCUT2D eigenvalue weighted by atomic mass is 19.1. The van der Waals surface area contributed by atoms with Crippen molar-refractivity contribution in [2.45, 2.75) is 31.4 Å². The first-order chi connectivity index (χ1) is 9.69. The number of benzene rings is 1. The molecule has 1 fully saturated rings. The standard InChI is InChI=1S/C15H21FN2O2/c1-20-13-9-14(18-10-13)15(19)17-7-3-5-11-4-2-6-12(16)8-11/h2,4,6,8,13-14,18H,3,5,7,9-10H2,1H3,(H,17,19)/t13-,14+/m0/s1. The number of amides is 1. The first-order valence-electron chi connectivity index (χ1n) is 6.97. The van der Waals surface area contributed by atoms with E-state index in [-0.39, 0.29) is 23.9 Å². The number of hydrogen-bond donors (Lipinski definition) is 2. The molecule has 5 heteroatoms. The van der Waals surface area contributed by atoms with Gasteiger partial charge in [0, 0.05) is 20.2 Å². The number of aryl methyl sites for hydroxylation is 1. The molecular weight excluding hydrogens is 259 g/mol. The molecule has 1 saturated heterocycles. The number of hydrogen-bond acceptors (Lipinski definition) is 3. The van der Waals surface area contributed by atoms with Crippen LogP contribution < -0.4 is 10.6 Å². The molecule has 1 aliphatic heterocycles. The maximum atomic E-state index is 13.0. The van der Waals surface area contributed by atoms with Gasteiger partial charge in [0.25, 0.3) is 0 Å². The van der Waals surface area contributed by atoms with Crippen molar-refractivity contribution < 1.29 is 13.9 Å². The zero-order chi connectivity index (χ0) is 14.4. The second-order valence-electron chi connectivity index (χ2n) is 5.08. The van der Waals surface area contributed by atoms with Crippen LogP contribution in [0.4, 0.5) is 4.39 Å². The van der Waals surface area contributed by atoms with Gasteiger partial charge in [0.1, 0.15) is 5.82 Å². The summed E-state index contributed by atoms with van der Waals surface area (Å²) in [5, 5.41) is 6.04. The maximum absolute atomic E-state index is 13.0. The van der Waals surface area contributed by atoms with E-state index in [0.717, 1.165) is 24.9 Å². The summed E-state index contributed by atoms with van der Waals surface area (Å²) in [7, 11) is 1.66. The van der Waals surface area contributed by atoms with E-state index in [1.165, 1.54) is 12.1 Å². The van der Waals surface area contributed by atoms with Gasteiger partial charge in [-0.1, -0.05) is 12.1 Å². The Kier molecular flexibility index (Phi) is 5.49. The summed E-state index contributed by atoms with van der Waals surface area (Å²) in [5.41, 5.74) is 0.956. The molecule has 1 aromatic carbocycles. The van der Waals surface area contributed by atoms with Crippen LogP contribution in [-0.2, 0) is 16.0 Å². The number of methoxy groups -OCH3 is 1. The summed E-state index contributed by atoms with van der Waals surface area (Å²) in [4.78, 5) is 11.9. The Hall–Kier alpha value is -1.46. The first-order valence-corrected chi connectivity index (χ1v) is 6.97. The largest absolute Gasteiger partial charge is 0.380 e. The molecule has 0 unspecified atom stereocenters. The van der Waals surface area contributed by atoms with Gasteiger partial charge < -0.3 is 15.4 Å². The first kappa shape index (κ1) is 14.9. The van der Waals surface area contributed by atoms with Gasteiger partial charge >= 0.3 is 0 Å². The molecule has 1 aliphatic rings. The fraction of sp³-hybridized carbons (Fsp3) is 0.533. The van der Waals surface area contributed by atoms with Crippen LogP contribution in [0.5, 0.6) is 0 Å². The van der Waals surface area contributed by atoms with Gasteiger partial charge in [0.2, 0.25) is 5.91 Å². The fourth-order valence-electron chi connectivity index (χ4n) is 2.40. The van der Waals surface area contributed by atoms with E-state index in [0.29, 0.717) is 13.0 Å². The lowest BCUT2D eigenvalue weighted by Crippen LogP contribution is -2.40. The predicted octanol–water partition coefficient (Wildman–Crippen LogP) is 1.25. The molecule has 2 N–H and O–H groups in total. The smallest absolute Gasteiger partial charge is 0.237 e. The zero-order valence-corrected chi connectivity index (χ0v) is 11.7. The van der Waals surface area contributed by atoms with Gasteiger partial charge in [-0.15, -0.1) is 0 Å². The van der Waals surface area contributed by atoms with Crippen LogP contribution in [0.15, 0.2) is 24.3 Å². The molecular formula is C15H21FN2O2. The van der Waals surface area contributed by atoms with E-state index < -0.39 is 0 Å². The Morgan fingerprint density at radius 2 is 2.40 bits per heavy atom. The lowest BCUT2D eigenvalue weighted by Gasteiger charge is -2.11. The van der Waals surface area contributed by atoms with Crippen LogP contribution in [0.25, 0.3) is 0 Å². The molecule has 0 saturated carbocycles. The molecule has 1 heterocycles. The van der Waals surface area contributed by atoms with Crippen LogP contribution in [-0.4, -0.2) is 38.3 Å². The lowest BCUT2D eigenvalue weighted by atomic mass is 10.1. The second kappa shape index (κ2) is 7.36. The van der Waals surface area contributed by atoms with Crippen molar-refractivity contribution in [3.8, 4) is 0 Å². The molecule has 20 heavy (non-hydrogen) atoms. The molecule has 0 aromatic heterocycles. The average molecular weight is 280 g/mol. The fourth-order valence-corrected chi connectivity index (χ4v) is 2.40. The topological polar surface area (TPSA) is 50.4 Å². The number of carbonyl (C=O) groups is 1. The van der Waals surface area contributed by atoms with Crippen LogP contribution >= 0.6 is 0 Å². The number of rotatable bonds is 6. The number of nitrogens with one attached hydrogen (secondary N) is 2. The minimum atomic E-state index is -0.215. The molecule has 0 radical (unpaired) electrons. The van der Waals surface area contributed by atoms with Gasteiger partial charge in [0.15, 0.2) is 0 Å². The van der Waals surface area contributed by atoms with Crippen LogP contribution in [0.1, 0.15) is 18.4 Å². The third-order valence-corrected chi connectivity index (χ3v) is 3.57.